The number of hydrogen-bond acceptors (Lipinski definition) is 5. The van der Waals surface area contributed by atoms with Crippen LogP contribution < -0.4 is 5.73 Å². The Balaban J connectivity index is 3.01. The van der Waals surface area contributed by atoms with Crippen LogP contribution in [0.15, 0.2) is 29.3 Å². The predicted molar refractivity (Wildman–Crippen MR) is 76.2 cm³/mol. The van der Waals surface area contributed by atoms with Gasteiger partial charge < -0.3 is 15.9 Å². The zero-order valence-electron chi connectivity index (χ0n) is 11.6. The lowest BCUT2D eigenvalue weighted by Crippen LogP contribution is -2.51. The number of nitrogens with two attached hydrogens (primary N) is 1. The van der Waals surface area contributed by atoms with Crippen molar-refractivity contribution in [1.82, 2.24) is 0 Å². The van der Waals surface area contributed by atoms with Crippen molar-refractivity contribution in [3.63, 3.8) is 0 Å². The molecule has 4 N–H and O–H groups in total. The molecule has 0 aliphatic carbocycles. The molecule has 7 heteroatoms. The Kier molecular flexibility index (Phi) is 5.54. The summed E-state index contributed by atoms with van der Waals surface area (Å²) in [6.07, 6.45) is 6.88. The van der Waals surface area contributed by atoms with Crippen LogP contribution in [0.25, 0.3) is 0 Å². The number of aliphatic imine (C=N–C) groups is 1. The van der Waals surface area contributed by atoms with Gasteiger partial charge in [-0.15, -0.1) is 0 Å². The number of carboxylic acid groups (broad SMARTS) is 2. The molecule has 0 aromatic heterocycles. The lowest BCUT2D eigenvalue weighted by molar-refractivity contribution is -0.146. The summed E-state index contributed by atoms with van der Waals surface area (Å²) in [5.74, 6) is -3.81. The summed E-state index contributed by atoms with van der Waals surface area (Å²) in [4.78, 5) is 38.2. The van der Waals surface area contributed by atoms with Crippen molar-refractivity contribution in [2.24, 2.45) is 16.6 Å². The molecule has 2 unspecified atom stereocenters. The molecule has 21 heavy (non-hydrogen) atoms. The third-order valence-electron chi connectivity index (χ3n) is 3.19. The van der Waals surface area contributed by atoms with Gasteiger partial charge in [0.15, 0.2) is 11.3 Å². The average molecular weight is 294 g/mol. The van der Waals surface area contributed by atoms with Gasteiger partial charge in [0, 0.05) is 6.21 Å². The number of carbonyl (C=O) groups is 3. The smallest absolute Gasteiger partial charge is 0.310 e. The number of hydrogen-bond donors (Lipinski definition) is 3. The highest BCUT2D eigenvalue weighted by Crippen LogP contribution is 2.32. The zero-order chi connectivity index (χ0) is 16.0. The monoisotopic (exact) mass is 294 g/mol. The lowest BCUT2D eigenvalue weighted by atomic mass is 9.77. The van der Waals surface area contributed by atoms with Gasteiger partial charge in [-0.3, -0.25) is 19.4 Å². The van der Waals surface area contributed by atoms with Crippen molar-refractivity contribution in [1.29, 1.82) is 0 Å². The fourth-order valence-electron chi connectivity index (χ4n) is 2.17. The van der Waals surface area contributed by atoms with E-state index in [1.807, 2.05) is 0 Å². The van der Waals surface area contributed by atoms with Crippen LogP contribution in [-0.4, -0.2) is 45.7 Å². The Hall–Kier alpha value is -2.28. The molecule has 0 saturated carbocycles. The molecule has 114 valence electrons. The first-order valence-electron chi connectivity index (χ1n) is 6.44. The minimum absolute atomic E-state index is 0.0112. The molecule has 0 saturated heterocycles. The van der Waals surface area contributed by atoms with E-state index in [0.29, 0.717) is 0 Å². The van der Waals surface area contributed by atoms with E-state index in [1.54, 1.807) is 0 Å². The molecule has 0 bridgehead atoms. The van der Waals surface area contributed by atoms with Gasteiger partial charge in [0.1, 0.15) is 0 Å². The first kappa shape index (κ1) is 16.8. The maximum absolute atomic E-state index is 12.3. The molecular weight excluding hydrogens is 276 g/mol. The van der Waals surface area contributed by atoms with Gasteiger partial charge in [0.05, 0.1) is 18.4 Å². The van der Waals surface area contributed by atoms with E-state index in [-0.39, 0.29) is 12.8 Å². The maximum atomic E-state index is 12.3. The zero-order valence-corrected chi connectivity index (χ0v) is 11.6. The predicted octanol–water partition coefficient (Wildman–Crippen LogP) is 0.404. The van der Waals surface area contributed by atoms with Gasteiger partial charge in [-0.05, 0) is 25.5 Å². The second-order valence-corrected chi connectivity index (χ2v) is 4.81. The van der Waals surface area contributed by atoms with Gasteiger partial charge in [-0.25, -0.2) is 0 Å². The Bertz CT molecular complexity index is 507. The second-order valence-electron chi connectivity index (χ2n) is 4.81. The highest BCUT2D eigenvalue weighted by molar-refractivity contribution is 6.02. The molecule has 0 amide bonds. The molecule has 1 aliphatic rings. The third kappa shape index (κ3) is 3.85. The number of Topliss-reactive ketones (excluding diaryl/α,β-unsaturated/α-hetero) is 1. The molecule has 1 rings (SSSR count). The van der Waals surface area contributed by atoms with Gasteiger partial charge in [0.25, 0.3) is 0 Å². The SMILES string of the molecule is C[C@H](N)C(=O)C1(C(CC=CCC(=O)O)C(=O)O)C=CC=N1. The molecule has 1 aliphatic heterocycles. The lowest BCUT2D eigenvalue weighted by Gasteiger charge is -2.30. The molecular formula is C14H18N2O5. The number of rotatable bonds is 8. The fourth-order valence-corrected chi connectivity index (χ4v) is 2.17. The van der Waals surface area contributed by atoms with Crippen LogP contribution in [0.3, 0.4) is 0 Å². The first-order valence-corrected chi connectivity index (χ1v) is 6.44. The number of ketones is 1. The number of carboxylic acids is 2. The van der Waals surface area contributed by atoms with Crippen LogP contribution in [-0.2, 0) is 14.4 Å². The van der Waals surface area contributed by atoms with E-state index in [1.165, 1.54) is 37.4 Å². The quantitative estimate of drug-likeness (QED) is 0.556. The van der Waals surface area contributed by atoms with Crippen molar-refractivity contribution in [2.45, 2.75) is 31.3 Å². The van der Waals surface area contributed by atoms with Crippen LogP contribution in [0.4, 0.5) is 0 Å². The van der Waals surface area contributed by atoms with Crippen molar-refractivity contribution < 1.29 is 24.6 Å². The van der Waals surface area contributed by atoms with Crippen LogP contribution >= 0.6 is 0 Å². The van der Waals surface area contributed by atoms with Crippen molar-refractivity contribution in [3.8, 4) is 0 Å². The van der Waals surface area contributed by atoms with E-state index in [2.05, 4.69) is 4.99 Å². The normalized spacial score (nSPS) is 23.3. The second kappa shape index (κ2) is 6.94. The maximum Gasteiger partial charge on any atom is 0.310 e. The summed E-state index contributed by atoms with van der Waals surface area (Å²) in [6.45, 7) is 1.48. The molecule has 0 radical (unpaired) electrons. The number of allylic oxidation sites excluding steroid dienone is 2. The summed E-state index contributed by atoms with van der Waals surface area (Å²) in [5.41, 5.74) is 4.07. The van der Waals surface area contributed by atoms with Gasteiger partial charge in [-0.2, -0.15) is 0 Å². The fraction of sp³-hybridized carbons (Fsp3) is 0.429. The highest BCUT2D eigenvalue weighted by atomic mass is 16.4. The average Bonchev–Trinajstić information content (AvgIpc) is 2.87. The third-order valence-corrected chi connectivity index (χ3v) is 3.19. The molecule has 0 fully saturated rings. The van der Waals surface area contributed by atoms with E-state index in [0.717, 1.165) is 0 Å². The molecule has 1 heterocycles. The van der Waals surface area contributed by atoms with Gasteiger partial charge in [0.2, 0.25) is 0 Å². The molecule has 0 aromatic rings. The molecule has 0 aromatic carbocycles. The summed E-state index contributed by atoms with van der Waals surface area (Å²) in [7, 11) is 0. The summed E-state index contributed by atoms with van der Waals surface area (Å²) in [6, 6.07) is -0.852. The van der Waals surface area contributed by atoms with Crippen molar-refractivity contribution in [2.75, 3.05) is 0 Å². The number of carbonyl (C=O) groups excluding carboxylic acids is 1. The van der Waals surface area contributed by atoms with Crippen molar-refractivity contribution >= 4 is 23.9 Å². The minimum atomic E-state index is -1.52. The standard InChI is InChI=1S/C14H18N2O5/c1-9(15)12(19)14(7-4-8-16-14)10(13(20)21)5-2-3-6-11(17)18/h2-4,7-10H,5-6,15H2,1H3,(H,17,18)(H,20,21)/t9-,10?,14?/m0/s1. The van der Waals surface area contributed by atoms with Gasteiger partial charge >= 0.3 is 11.9 Å². The van der Waals surface area contributed by atoms with Crippen LogP contribution in [0.5, 0.6) is 0 Å². The Labute approximate surface area is 121 Å². The summed E-state index contributed by atoms with van der Waals surface area (Å²) >= 11 is 0. The van der Waals surface area contributed by atoms with E-state index in [4.69, 9.17) is 10.8 Å². The Morgan fingerprint density at radius 2 is 2.00 bits per heavy atom. The van der Waals surface area contributed by atoms with Crippen LogP contribution in [0.1, 0.15) is 19.8 Å². The van der Waals surface area contributed by atoms with Gasteiger partial charge in [-0.1, -0.05) is 12.2 Å². The Morgan fingerprint density at radius 3 is 2.43 bits per heavy atom. The summed E-state index contributed by atoms with van der Waals surface area (Å²) in [5, 5.41) is 17.9. The first-order chi connectivity index (χ1) is 9.81. The molecule has 7 nitrogen and oxygen atoms in total. The number of nitrogens with zero attached hydrogens (tertiary/aromatic N) is 1. The van der Waals surface area contributed by atoms with E-state index in [9.17, 15) is 19.5 Å². The highest BCUT2D eigenvalue weighted by Gasteiger charge is 2.48. The van der Waals surface area contributed by atoms with Crippen LogP contribution in [0, 0.1) is 5.92 Å². The van der Waals surface area contributed by atoms with E-state index < -0.39 is 35.2 Å². The van der Waals surface area contributed by atoms with E-state index >= 15 is 0 Å². The summed E-state index contributed by atoms with van der Waals surface area (Å²) < 4.78 is 0. The molecule has 0 spiro atoms. The van der Waals surface area contributed by atoms with Crippen LogP contribution in [0.2, 0.25) is 0 Å². The molecule has 3 atom stereocenters. The Morgan fingerprint density at radius 1 is 1.33 bits per heavy atom. The van der Waals surface area contributed by atoms with Crippen molar-refractivity contribution in [3.05, 3.63) is 24.3 Å². The minimum Gasteiger partial charge on any atom is -0.481 e. The number of aliphatic carboxylic acids is 2. The topological polar surface area (TPSA) is 130 Å². The largest absolute Gasteiger partial charge is 0.481 e.